The maximum absolute atomic E-state index is 11.9. The summed E-state index contributed by atoms with van der Waals surface area (Å²) in [5, 5.41) is 0. The molecule has 0 saturated carbocycles. The summed E-state index contributed by atoms with van der Waals surface area (Å²) >= 11 is 0. The summed E-state index contributed by atoms with van der Waals surface area (Å²) in [5.41, 5.74) is 0. The lowest BCUT2D eigenvalue weighted by atomic mass is 10.0. The number of allylic oxidation sites excluding steroid dienone is 2. The van der Waals surface area contributed by atoms with Crippen molar-refractivity contribution in [2.45, 2.75) is 194 Å². The minimum absolute atomic E-state index is 0.0844. The SMILES string of the molecule is CCCCCCCC/C=C\CCCCCCCC(=O)OS(=O)(=O)OCCCCCCCCCCCCCCCC. The second-order valence-corrected chi connectivity index (χ2v) is 12.8. The van der Waals surface area contributed by atoms with E-state index in [1.165, 1.54) is 122 Å². The van der Waals surface area contributed by atoms with Crippen molar-refractivity contribution in [3.05, 3.63) is 12.2 Å². The van der Waals surface area contributed by atoms with Crippen LogP contribution in [0.3, 0.4) is 0 Å². The van der Waals surface area contributed by atoms with Crippen LogP contribution >= 0.6 is 0 Å². The van der Waals surface area contributed by atoms with Gasteiger partial charge in [-0.15, -0.1) is 0 Å². The van der Waals surface area contributed by atoms with Gasteiger partial charge in [-0.25, -0.2) is 4.18 Å². The van der Waals surface area contributed by atoms with Crippen LogP contribution in [0.5, 0.6) is 0 Å². The number of hydrogen-bond acceptors (Lipinski definition) is 5. The number of hydrogen-bond donors (Lipinski definition) is 0. The topological polar surface area (TPSA) is 69.7 Å². The Morgan fingerprint density at radius 2 is 0.850 bits per heavy atom. The smallest absolute Gasteiger partial charge is 0.325 e. The number of carbonyl (C=O) groups is 1. The Morgan fingerprint density at radius 1 is 0.500 bits per heavy atom. The van der Waals surface area contributed by atoms with Gasteiger partial charge in [0.25, 0.3) is 0 Å². The van der Waals surface area contributed by atoms with E-state index in [1.54, 1.807) is 0 Å². The van der Waals surface area contributed by atoms with E-state index in [0.717, 1.165) is 38.5 Å². The lowest BCUT2D eigenvalue weighted by molar-refractivity contribution is -0.134. The van der Waals surface area contributed by atoms with Crippen LogP contribution in [0.2, 0.25) is 0 Å². The molecule has 0 unspecified atom stereocenters. The quantitative estimate of drug-likeness (QED) is 0.0579. The van der Waals surface area contributed by atoms with Crippen molar-refractivity contribution in [1.82, 2.24) is 0 Å². The lowest BCUT2D eigenvalue weighted by Crippen LogP contribution is -2.16. The molecule has 0 amide bonds. The Morgan fingerprint density at radius 3 is 1.27 bits per heavy atom. The highest BCUT2D eigenvalue weighted by molar-refractivity contribution is 7.82. The van der Waals surface area contributed by atoms with Crippen molar-refractivity contribution < 1.29 is 21.6 Å². The van der Waals surface area contributed by atoms with Crippen molar-refractivity contribution in [3.8, 4) is 0 Å². The summed E-state index contributed by atoms with van der Waals surface area (Å²) in [6.45, 7) is 4.59. The molecule has 0 N–H and O–H groups in total. The van der Waals surface area contributed by atoms with Gasteiger partial charge in [-0.3, -0.25) is 4.79 Å². The van der Waals surface area contributed by atoms with Crippen molar-refractivity contribution >= 4 is 16.4 Å². The highest BCUT2D eigenvalue weighted by Gasteiger charge is 2.17. The molecule has 0 aromatic heterocycles. The molecule has 0 saturated heterocycles. The van der Waals surface area contributed by atoms with Crippen molar-refractivity contribution in [1.29, 1.82) is 0 Å². The average molecular weight is 587 g/mol. The molecule has 0 aromatic rings. The molecule has 40 heavy (non-hydrogen) atoms. The highest BCUT2D eigenvalue weighted by Crippen LogP contribution is 2.14. The van der Waals surface area contributed by atoms with Gasteiger partial charge in [0.1, 0.15) is 0 Å². The summed E-state index contributed by atoms with van der Waals surface area (Å²) in [5.74, 6) is -0.710. The molecular weight excluding hydrogens is 520 g/mol. The van der Waals surface area contributed by atoms with Crippen LogP contribution < -0.4 is 0 Å². The van der Waals surface area contributed by atoms with Gasteiger partial charge >= 0.3 is 16.4 Å². The number of rotatable bonds is 32. The first kappa shape index (κ1) is 39.1. The van der Waals surface area contributed by atoms with Crippen LogP contribution in [-0.4, -0.2) is 21.0 Å². The summed E-state index contributed by atoms with van der Waals surface area (Å²) in [6, 6.07) is 0. The maximum Gasteiger partial charge on any atom is 0.451 e. The minimum Gasteiger partial charge on any atom is -0.325 e. The van der Waals surface area contributed by atoms with E-state index >= 15 is 0 Å². The van der Waals surface area contributed by atoms with Gasteiger partial charge in [-0.2, -0.15) is 8.42 Å². The fourth-order valence-corrected chi connectivity index (χ4v) is 5.66. The van der Waals surface area contributed by atoms with Crippen LogP contribution in [0.1, 0.15) is 194 Å². The predicted molar refractivity (Wildman–Crippen MR) is 171 cm³/mol. The highest BCUT2D eigenvalue weighted by atomic mass is 32.3. The summed E-state index contributed by atoms with van der Waals surface area (Å²) < 4.78 is 33.2. The molecule has 0 radical (unpaired) electrons. The largest absolute Gasteiger partial charge is 0.451 e. The first-order valence-electron chi connectivity index (χ1n) is 17.3. The van der Waals surface area contributed by atoms with Crippen LogP contribution in [0.25, 0.3) is 0 Å². The molecule has 5 nitrogen and oxygen atoms in total. The standard InChI is InChI=1S/C34H66O5S/c1-3-5-7-9-11-13-15-17-19-20-22-24-26-28-30-32-34(35)39-40(36,37)38-33-31-29-27-25-23-21-18-16-14-12-10-8-6-4-2/h17,19H,3-16,18,20-33H2,1-2H3/b19-17-. The Labute approximate surface area is 250 Å². The van der Waals surface area contributed by atoms with Crippen molar-refractivity contribution in [2.24, 2.45) is 0 Å². The Hall–Kier alpha value is -0.880. The van der Waals surface area contributed by atoms with Crippen LogP contribution in [0.4, 0.5) is 0 Å². The van der Waals surface area contributed by atoms with Crippen LogP contribution in [0.15, 0.2) is 12.2 Å². The fourth-order valence-electron chi connectivity index (χ4n) is 4.98. The minimum atomic E-state index is -4.23. The van der Waals surface area contributed by atoms with Crippen molar-refractivity contribution in [3.63, 3.8) is 0 Å². The third-order valence-electron chi connectivity index (χ3n) is 7.56. The summed E-state index contributed by atoms with van der Waals surface area (Å²) in [6.07, 6.45) is 37.4. The second-order valence-electron chi connectivity index (χ2n) is 11.6. The van der Waals surface area contributed by atoms with E-state index in [9.17, 15) is 13.2 Å². The first-order chi connectivity index (χ1) is 19.5. The molecule has 0 aromatic carbocycles. The van der Waals surface area contributed by atoms with Gasteiger partial charge in [0.2, 0.25) is 0 Å². The normalized spacial score (nSPS) is 11.9. The van der Waals surface area contributed by atoms with Crippen LogP contribution in [0, 0.1) is 0 Å². The third-order valence-corrected chi connectivity index (χ3v) is 8.41. The van der Waals surface area contributed by atoms with Gasteiger partial charge in [0, 0.05) is 6.42 Å². The van der Waals surface area contributed by atoms with Crippen molar-refractivity contribution in [2.75, 3.05) is 6.61 Å². The third kappa shape index (κ3) is 31.6. The van der Waals surface area contributed by atoms with Gasteiger partial charge in [0.15, 0.2) is 0 Å². The van der Waals surface area contributed by atoms with E-state index in [0.29, 0.717) is 12.8 Å². The first-order valence-corrected chi connectivity index (χ1v) is 18.6. The van der Waals surface area contributed by atoms with Gasteiger partial charge in [-0.05, 0) is 38.5 Å². The van der Waals surface area contributed by atoms with Gasteiger partial charge in [-0.1, -0.05) is 161 Å². The Bertz CT molecular complexity index is 659. The predicted octanol–water partition coefficient (Wildman–Crippen LogP) is 11.3. The van der Waals surface area contributed by atoms with E-state index < -0.39 is 16.4 Å². The zero-order valence-electron chi connectivity index (χ0n) is 26.6. The number of carbonyl (C=O) groups excluding carboxylic acids is 1. The van der Waals surface area contributed by atoms with E-state index in [2.05, 4.69) is 30.2 Å². The van der Waals surface area contributed by atoms with E-state index in [4.69, 9.17) is 4.18 Å². The molecule has 0 atom stereocenters. The molecule has 0 aliphatic heterocycles. The summed E-state index contributed by atoms with van der Waals surface area (Å²) in [4.78, 5) is 11.9. The number of unbranched alkanes of at least 4 members (excludes halogenated alkanes) is 24. The van der Waals surface area contributed by atoms with Gasteiger partial charge < -0.3 is 4.18 Å². The average Bonchev–Trinajstić information content (AvgIpc) is 2.92. The maximum atomic E-state index is 11.9. The Kier molecular flexibility index (Phi) is 30.4. The lowest BCUT2D eigenvalue weighted by Gasteiger charge is -2.06. The molecule has 0 bridgehead atoms. The molecule has 0 aliphatic rings. The molecule has 0 aliphatic carbocycles. The molecule has 238 valence electrons. The summed E-state index contributed by atoms with van der Waals surface area (Å²) in [7, 11) is -4.23. The van der Waals surface area contributed by atoms with Crippen LogP contribution in [-0.2, 0) is 23.6 Å². The molecule has 0 fully saturated rings. The zero-order chi connectivity index (χ0) is 29.4. The van der Waals surface area contributed by atoms with Gasteiger partial charge in [0.05, 0.1) is 6.61 Å². The molecule has 0 spiro atoms. The fraction of sp³-hybridized carbons (Fsp3) is 0.912. The molecular formula is C34H66O5S. The Balaban J connectivity index is 3.46. The molecule has 0 heterocycles. The molecule has 0 rings (SSSR count). The monoisotopic (exact) mass is 586 g/mol. The van der Waals surface area contributed by atoms with E-state index in [-0.39, 0.29) is 13.0 Å². The zero-order valence-corrected chi connectivity index (χ0v) is 27.4. The van der Waals surface area contributed by atoms with E-state index in [1.807, 2.05) is 0 Å². The molecule has 6 heteroatoms. The second kappa shape index (κ2) is 31.1.